The fraction of sp³-hybridized carbons (Fsp3) is 0.480. The lowest BCUT2D eigenvalue weighted by molar-refractivity contribution is -0.123. The average Bonchev–Trinajstić information content (AvgIpc) is 2.73. The number of benzene rings is 2. The normalized spacial score (nSPS) is 16.0. The summed E-state index contributed by atoms with van der Waals surface area (Å²) in [5, 5.41) is 3.02. The molecule has 2 aromatic carbocycles. The van der Waals surface area contributed by atoms with Crippen LogP contribution >= 0.6 is 0 Å². The fourth-order valence-electron chi connectivity index (χ4n) is 3.70. The first-order valence-electron chi connectivity index (χ1n) is 10.8. The summed E-state index contributed by atoms with van der Waals surface area (Å²) in [5.41, 5.74) is 3.64. The Bertz CT molecular complexity index is 775. The Balaban J connectivity index is 1.47. The van der Waals surface area contributed by atoms with Crippen LogP contribution in [0.25, 0.3) is 0 Å². The lowest BCUT2D eigenvalue weighted by Crippen LogP contribution is -2.33. The maximum absolute atomic E-state index is 12.3. The second kappa shape index (κ2) is 9.82. The van der Waals surface area contributed by atoms with E-state index in [-0.39, 0.29) is 18.6 Å². The minimum Gasteiger partial charge on any atom is -0.484 e. The molecule has 4 heteroatoms. The Morgan fingerprint density at radius 1 is 1.00 bits per heavy atom. The van der Waals surface area contributed by atoms with Crippen LogP contribution in [0.1, 0.15) is 63.6 Å². The summed E-state index contributed by atoms with van der Waals surface area (Å²) >= 11 is 0. The Hall–Kier alpha value is -2.49. The van der Waals surface area contributed by atoms with Crippen LogP contribution in [-0.2, 0) is 4.79 Å². The Kier molecular flexibility index (Phi) is 7.18. The highest BCUT2D eigenvalue weighted by atomic mass is 16.5. The van der Waals surface area contributed by atoms with Gasteiger partial charge in [0, 0.05) is 18.8 Å². The quantitative estimate of drug-likeness (QED) is 0.693. The molecule has 1 N–H and O–H groups in total. The molecule has 1 atom stereocenters. The fourth-order valence-corrected chi connectivity index (χ4v) is 3.70. The van der Waals surface area contributed by atoms with E-state index in [4.69, 9.17) is 4.74 Å². The van der Waals surface area contributed by atoms with Gasteiger partial charge in [0.15, 0.2) is 6.61 Å². The maximum Gasteiger partial charge on any atom is 0.258 e. The van der Waals surface area contributed by atoms with Gasteiger partial charge in [-0.2, -0.15) is 0 Å². The highest BCUT2D eigenvalue weighted by Crippen LogP contribution is 2.24. The number of nitrogens with one attached hydrogen (secondary N) is 1. The number of nitrogens with zero attached hydrogens (tertiary/aromatic N) is 1. The molecule has 1 aliphatic heterocycles. The van der Waals surface area contributed by atoms with Gasteiger partial charge in [0.05, 0.1) is 6.04 Å². The van der Waals surface area contributed by atoms with E-state index in [1.165, 1.54) is 24.1 Å². The van der Waals surface area contributed by atoms with Crippen molar-refractivity contribution < 1.29 is 9.53 Å². The summed E-state index contributed by atoms with van der Waals surface area (Å²) < 4.78 is 5.63. The smallest absolute Gasteiger partial charge is 0.258 e. The van der Waals surface area contributed by atoms with Gasteiger partial charge < -0.3 is 15.0 Å². The van der Waals surface area contributed by atoms with Gasteiger partial charge in [0.25, 0.3) is 5.91 Å². The zero-order chi connectivity index (χ0) is 20.8. The van der Waals surface area contributed by atoms with E-state index in [9.17, 15) is 4.79 Å². The lowest BCUT2D eigenvalue weighted by atomic mass is 9.98. The molecule has 1 amide bonds. The number of piperidine rings is 1. The summed E-state index contributed by atoms with van der Waals surface area (Å²) in [6.45, 7) is 10.9. The van der Waals surface area contributed by atoms with E-state index in [1.54, 1.807) is 0 Å². The van der Waals surface area contributed by atoms with Crippen molar-refractivity contribution in [3.05, 3.63) is 59.7 Å². The van der Waals surface area contributed by atoms with Gasteiger partial charge in [-0.1, -0.05) is 45.0 Å². The van der Waals surface area contributed by atoms with Gasteiger partial charge in [-0.3, -0.25) is 4.79 Å². The summed E-state index contributed by atoms with van der Waals surface area (Å²) in [6, 6.07) is 16.5. The molecule has 2 aromatic rings. The molecule has 3 rings (SSSR count). The zero-order valence-electron chi connectivity index (χ0n) is 18.2. The minimum atomic E-state index is -0.112. The number of ether oxygens (including phenoxy) is 1. The molecule has 1 fully saturated rings. The predicted octanol–water partition coefficient (Wildman–Crippen LogP) is 5.30. The molecular formula is C25H34N2O2. The monoisotopic (exact) mass is 394 g/mol. The third kappa shape index (κ3) is 5.99. The van der Waals surface area contributed by atoms with Crippen molar-refractivity contribution in [2.75, 3.05) is 24.6 Å². The van der Waals surface area contributed by atoms with Gasteiger partial charge in [0.2, 0.25) is 0 Å². The van der Waals surface area contributed by atoms with Crippen molar-refractivity contribution in [1.82, 2.24) is 5.32 Å². The molecule has 0 bridgehead atoms. The minimum absolute atomic E-state index is 0.0232. The second-order valence-corrected chi connectivity index (χ2v) is 8.56. The SMILES string of the molecule is CC1CCN(c2ccc([C@@H](C)NC(=O)COc3ccc(C(C)C)cc3)cc2)CC1. The van der Waals surface area contributed by atoms with Crippen LogP contribution in [0.4, 0.5) is 5.69 Å². The summed E-state index contributed by atoms with van der Waals surface area (Å²) in [7, 11) is 0. The summed E-state index contributed by atoms with van der Waals surface area (Å²) in [5.74, 6) is 1.92. The Labute approximate surface area is 175 Å². The molecule has 0 saturated carbocycles. The van der Waals surface area contributed by atoms with Crippen molar-refractivity contribution in [1.29, 1.82) is 0 Å². The molecule has 156 valence electrons. The topological polar surface area (TPSA) is 41.6 Å². The van der Waals surface area contributed by atoms with Crippen LogP contribution in [0, 0.1) is 5.92 Å². The molecule has 0 aromatic heterocycles. The standard InChI is InChI=1S/C25H34N2O2/c1-18(2)21-7-11-24(12-8-21)29-17-25(28)26-20(4)22-5-9-23(10-6-22)27-15-13-19(3)14-16-27/h5-12,18-20H,13-17H2,1-4H3,(H,26,28)/t20-/m1/s1. The van der Waals surface area contributed by atoms with E-state index in [0.29, 0.717) is 5.92 Å². The Morgan fingerprint density at radius 3 is 2.17 bits per heavy atom. The van der Waals surface area contributed by atoms with E-state index < -0.39 is 0 Å². The summed E-state index contributed by atoms with van der Waals surface area (Å²) in [4.78, 5) is 14.7. The van der Waals surface area contributed by atoms with Gasteiger partial charge in [-0.05, 0) is 67.0 Å². The molecule has 1 saturated heterocycles. The number of carbonyl (C=O) groups excluding carboxylic acids is 1. The van der Waals surface area contributed by atoms with Crippen LogP contribution in [-0.4, -0.2) is 25.6 Å². The van der Waals surface area contributed by atoms with E-state index in [1.807, 2.05) is 31.2 Å². The average molecular weight is 395 g/mol. The van der Waals surface area contributed by atoms with Gasteiger partial charge in [-0.15, -0.1) is 0 Å². The molecule has 1 aliphatic rings. The number of carbonyl (C=O) groups is 1. The third-order valence-electron chi connectivity index (χ3n) is 5.84. The van der Waals surface area contributed by atoms with Crippen molar-refractivity contribution in [2.24, 2.45) is 5.92 Å². The van der Waals surface area contributed by atoms with Gasteiger partial charge >= 0.3 is 0 Å². The Morgan fingerprint density at radius 2 is 1.59 bits per heavy atom. The van der Waals surface area contributed by atoms with Crippen LogP contribution < -0.4 is 15.0 Å². The highest BCUT2D eigenvalue weighted by molar-refractivity contribution is 5.78. The molecule has 0 unspecified atom stereocenters. The van der Waals surface area contributed by atoms with Gasteiger partial charge in [0.1, 0.15) is 5.75 Å². The van der Waals surface area contributed by atoms with Crippen LogP contribution in [0.5, 0.6) is 5.75 Å². The van der Waals surface area contributed by atoms with Gasteiger partial charge in [-0.25, -0.2) is 0 Å². The molecule has 0 spiro atoms. The molecule has 0 radical (unpaired) electrons. The largest absolute Gasteiger partial charge is 0.484 e. The number of anilines is 1. The second-order valence-electron chi connectivity index (χ2n) is 8.56. The third-order valence-corrected chi connectivity index (χ3v) is 5.84. The summed E-state index contributed by atoms with van der Waals surface area (Å²) in [6.07, 6.45) is 2.52. The van der Waals surface area contributed by atoms with Crippen LogP contribution in [0.3, 0.4) is 0 Å². The number of amides is 1. The molecule has 0 aliphatic carbocycles. The molecule has 29 heavy (non-hydrogen) atoms. The van der Waals surface area contributed by atoms with E-state index >= 15 is 0 Å². The zero-order valence-corrected chi connectivity index (χ0v) is 18.2. The molecular weight excluding hydrogens is 360 g/mol. The molecule has 4 nitrogen and oxygen atoms in total. The lowest BCUT2D eigenvalue weighted by Gasteiger charge is -2.32. The first kappa shape index (κ1) is 21.2. The first-order chi connectivity index (χ1) is 13.9. The maximum atomic E-state index is 12.3. The number of hydrogen-bond acceptors (Lipinski definition) is 3. The number of rotatable bonds is 7. The first-order valence-corrected chi connectivity index (χ1v) is 10.8. The van der Waals surface area contributed by atoms with E-state index in [0.717, 1.165) is 30.3 Å². The predicted molar refractivity (Wildman–Crippen MR) is 120 cm³/mol. The highest BCUT2D eigenvalue weighted by Gasteiger charge is 2.16. The van der Waals surface area contributed by atoms with E-state index in [2.05, 4.69) is 55.3 Å². The van der Waals surface area contributed by atoms with Crippen molar-refractivity contribution in [3.8, 4) is 5.75 Å². The van der Waals surface area contributed by atoms with Crippen molar-refractivity contribution in [3.63, 3.8) is 0 Å². The van der Waals surface area contributed by atoms with Crippen LogP contribution in [0.15, 0.2) is 48.5 Å². The van der Waals surface area contributed by atoms with Crippen molar-refractivity contribution >= 4 is 11.6 Å². The van der Waals surface area contributed by atoms with Crippen LogP contribution in [0.2, 0.25) is 0 Å². The molecule has 1 heterocycles. The number of hydrogen-bond donors (Lipinski definition) is 1. The van der Waals surface area contributed by atoms with Crippen molar-refractivity contribution in [2.45, 2.75) is 52.5 Å².